The predicted octanol–water partition coefficient (Wildman–Crippen LogP) is 3.56. The van der Waals surface area contributed by atoms with Crippen molar-refractivity contribution in [3.05, 3.63) is 93.4 Å². The van der Waals surface area contributed by atoms with Gasteiger partial charge >= 0.3 is 0 Å². The molecule has 2 aliphatic heterocycles. The lowest BCUT2D eigenvalue weighted by molar-refractivity contribution is 0.102. The van der Waals surface area contributed by atoms with E-state index >= 15 is 0 Å². The van der Waals surface area contributed by atoms with Crippen molar-refractivity contribution in [1.82, 2.24) is 8.87 Å². The van der Waals surface area contributed by atoms with E-state index in [2.05, 4.69) is 5.32 Å². The second-order valence-electron chi connectivity index (χ2n) is 8.48. The Balaban J connectivity index is 1.34. The Bertz CT molecular complexity index is 1390. The predicted molar refractivity (Wildman–Crippen MR) is 126 cm³/mol. The molecule has 0 aliphatic carbocycles. The molecule has 3 aromatic rings. The summed E-state index contributed by atoms with van der Waals surface area (Å²) in [6.45, 7) is 1.25. The number of carbonyl (C=O) groups is 1. The van der Waals surface area contributed by atoms with Crippen molar-refractivity contribution in [2.24, 2.45) is 5.92 Å². The van der Waals surface area contributed by atoms with Crippen molar-refractivity contribution in [3.8, 4) is 0 Å². The molecule has 170 valence electrons. The maximum absolute atomic E-state index is 13.3. The van der Waals surface area contributed by atoms with Crippen molar-refractivity contribution in [2.45, 2.75) is 23.8 Å². The highest BCUT2D eigenvalue weighted by Gasteiger charge is 2.39. The molecule has 7 nitrogen and oxygen atoms in total. The molecule has 1 N–H and O–H groups in total. The third-order valence-electron chi connectivity index (χ3n) is 6.31. The molecule has 5 rings (SSSR count). The van der Waals surface area contributed by atoms with Gasteiger partial charge in [0.2, 0.25) is 10.0 Å². The number of rotatable bonds is 4. The van der Waals surface area contributed by atoms with E-state index in [0.29, 0.717) is 35.9 Å². The molecule has 2 aliphatic rings. The van der Waals surface area contributed by atoms with E-state index in [4.69, 9.17) is 11.6 Å². The fourth-order valence-electron chi connectivity index (χ4n) is 4.75. The number of halogens is 1. The van der Waals surface area contributed by atoms with Crippen molar-refractivity contribution in [3.63, 3.8) is 0 Å². The summed E-state index contributed by atoms with van der Waals surface area (Å²) in [5, 5.41) is 3.08. The highest BCUT2D eigenvalue weighted by atomic mass is 35.5. The first-order chi connectivity index (χ1) is 15.8. The number of fused-ring (bicyclic) bond motifs is 4. The molecular weight excluding hydrogens is 462 g/mol. The summed E-state index contributed by atoms with van der Waals surface area (Å²) in [7, 11) is -3.71. The lowest BCUT2D eigenvalue weighted by Gasteiger charge is -2.42. The first kappa shape index (κ1) is 21.9. The van der Waals surface area contributed by atoms with Gasteiger partial charge in [-0.05, 0) is 54.8 Å². The molecule has 9 heteroatoms. The zero-order valence-corrected chi connectivity index (χ0v) is 19.2. The van der Waals surface area contributed by atoms with Gasteiger partial charge in [-0.1, -0.05) is 29.8 Å². The van der Waals surface area contributed by atoms with E-state index in [-0.39, 0.29) is 28.2 Å². The van der Waals surface area contributed by atoms with E-state index in [0.717, 1.165) is 12.1 Å². The summed E-state index contributed by atoms with van der Waals surface area (Å²) in [6.07, 6.45) is 0.877. The molecule has 0 spiro atoms. The van der Waals surface area contributed by atoms with Gasteiger partial charge in [0.05, 0.1) is 15.5 Å². The molecule has 0 unspecified atom stereocenters. The van der Waals surface area contributed by atoms with E-state index < -0.39 is 10.0 Å². The third kappa shape index (κ3) is 4.10. The lowest BCUT2D eigenvalue weighted by atomic mass is 9.84. The first-order valence-corrected chi connectivity index (χ1v) is 12.5. The Morgan fingerprint density at radius 3 is 2.45 bits per heavy atom. The minimum Gasteiger partial charge on any atom is -0.322 e. The highest BCUT2D eigenvalue weighted by Crippen LogP contribution is 2.37. The zero-order valence-electron chi connectivity index (χ0n) is 17.6. The van der Waals surface area contributed by atoms with Crippen molar-refractivity contribution in [2.75, 3.05) is 18.4 Å². The number of hydrogen-bond acceptors (Lipinski definition) is 4. The van der Waals surface area contributed by atoms with E-state index in [1.54, 1.807) is 53.1 Å². The fourth-order valence-corrected chi connectivity index (χ4v) is 6.53. The summed E-state index contributed by atoms with van der Waals surface area (Å²) in [4.78, 5) is 24.8. The van der Waals surface area contributed by atoms with E-state index in [1.807, 2.05) is 6.07 Å². The van der Waals surface area contributed by atoms with Gasteiger partial charge in [0, 0.05) is 43.0 Å². The van der Waals surface area contributed by atoms with Crippen LogP contribution in [-0.4, -0.2) is 36.3 Å². The summed E-state index contributed by atoms with van der Waals surface area (Å²) in [5.74, 6) is -0.273. The molecule has 33 heavy (non-hydrogen) atoms. The minimum absolute atomic E-state index is 0.00430. The summed E-state index contributed by atoms with van der Waals surface area (Å²) >= 11 is 6.07. The van der Waals surface area contributed by atoms with Crippen LogP contribution in [-0.2, 0) is 16.6 Å². The van der Waals surface area contributed by atoms with Gasteiger partial charge in [-0.25, -0.2) is 8.42 Å². The Morgan fingerprint density at radius 2 is 1.70 bits per heavy atom. The van der Waals surface area contributed by atoms with Crippen molar-refractivity contribution in [1.29, 1.82) is 0 Å². The number of anilines is 1. The minimum atomic E-state index is -3.71. The number of sulfonamides is 1. The molecule has 3 heterocycles. The van der Waals surface area contributed by atoms with Crippen LogP contribution < -0.4 is 10.9 Å². The first-order valence-electron chi connectivity index (χ1n) is 10.7. The number of amides is 1. The van der Waals surface area contributed by atoms with Crippen molar-refractivity contribution < 1.29 is 13.2 Å². The van der Waals surface area contributed by atoms with E-state index in [9.17, 15) is 18.0 Å². The van der Waals surface area contributed by atoms with Crippen LogP contribution in [0, 0.1) is 5.92 Å². The summed E-state index contributed by atoms with van der Waals surface area (Å²) in [6, 6.07) is 18.1. The van der Waals surface area contributed by atoms with E-state index in [1.165, 1.54) is 16.4 Å². The second-order valence-corrected chi connectivity index (χ2v) is 10.8. The molecule has 1 aromatic heterocycles. The number of carbonyl (C=O) groups excluding carboxylic acids is 1. The molecule has 2 bridgehead atoms. The van der Waals surface area contributed by atoms with Crippen LogP contribution in [0.3, 0.4) is 0 Å². The van der Waals surface area contributed by atoms with Crippen LogP contribution in [0.15, 0.2) is 76.4 Å². The number of nitrogens with zero attached hydrogens (tertiary/aromatic N) is 2. The number of aromatic nitrogens is 1. The topological polar surface area (TPSA) is 88.5 Å². The normalized spacial score (nSPS) is 20.2. The third-order valence-corrected chi connectivity index (χ3v) is 8.49. The van der Waals surface area contributed by atoms with Gasteiger partial charge in [-0.3, -0.25) is 9.59 Å². The maximum atomic E-state index is 13.3. The average Bonchev–Trinajstić information content (AvgIpc) is 2.80. The van der Waals surface area contributed by atoms with Crippen LogP contribution in [0.4, 0.5) is 5.69 Å². The van der Waals surface area contributed by atoms with Crippen LogP contribution in [0.5, 0.6) is 0 Å². The highest BCUT2D eigenvalue weighted by molar-refractivity contribution is 7.89. The Kier molecular flexibility index (Phi) is 5.60. The van der Waals surface area contributed by atoms with Gasteiger partial charge < -0.3 is 9.88 Å². The van der Waals surface area contributed by atoms with Crippen LogP contribution in [0.25, 0.3) is 0 Å². The lowest BCUT2D eigenvalue weighted by Crippen LogP contribution is -2.48. The Morgan fingerprint density at radius 1 is 0.939 bits per heavy atom. The SMILES string of the molecule is O=C(Nc1ccc(S(=O)(=O)N2C[C@@H]3C[C@@H](C2)c2cccc(=O)n2C3)cc1)c1ccccc1Cl. The zero-order chi connectivity index (χ0) is 23.2. The molecule has 1 saturated heterocycles. The van der Waals surface area contributed by atoms with Gasteiger partial charge in [0.15, 0.2) is 0 Å². The summed E-state index contributed by atoms with van der Waals surface area (Å²) < 4.78 is 30.0. The fraction of sp³-hybridized carbons (Fsp3) is 0.250. The van der Waals surface area contributed by atoms with Crippen LogP contribution in [0.1, 0.15) is 28.4 Å². The summed E-state index contributed by atoms with van der Waals surface area (Å²) in [5.41, 5.74) is 1.68. The van der Waals surface area contributed by atoms with Gasteiger partial charge in [0.25, 0.3) is 11.5 Å². The van der Waals surface area contributed by atoms with Gasteiger partial charge in [0.1, 0.15) is 0 Å². The average molecular weight is 484 g/mol. The number of piperidine rings is 1. The quantitative estimate of drug-likeness (QED) is 0.614. The molecular formula is C24H22ClN3O4S. The van der Waals surface area contributed by atoms with Gasteiger partial charge in [-0.2, -0.15) is 4.31 Å². The molecule has 1 fully saturated rings. The number of hydrogen-bond donors (Lipinski definition) is 1. The van der Waals surface area contributed by atoms with Gasteiger partial charge in [-0.15, -0.1) is 0 Å². The van der Waals surface area contributed by atoms with Crippen LogP contribution in [0.2, 0.25) is 5.02 Å². The molecule has 0 radical (unpaired) electrons. The molecule has 0 saturated carbocycles. The maximum Gasteiger partial charge on any atom is 0.257 e. The Hall–Kier alpha value is -2.94. The van der Waals surface area contributed by atoms with Crippen LogP contribution >= 0.6 is 11.6 Å². The Labute approximate surface area is 196 Å². The number of pyridine rings is 1. The standard InChI is InChI=1S/C24H22ClN3O4S/c25-21-5-2-1-4-20(21)24(30)26-18-8-10-19(11-9-18)33(31,32)27-13-16-12-17(15-27)22-6-3-7-23(29)28(22)14-16/h1-11,16-17H,12-15H2,(H,26,30)/t16-,17-/m0/s1. The molecule has 2 aromatic carbocycles. The largest absolute Gasteiger partial charge is 0.322 e. The second kappa shape index (κ2) is 8.44. The number of nitrogens with one attached hydrogen (secondary N) is 1. The van der Waals surface area contributed by atoms with Crippen molar-refractivity contribution >= 4 is 33.2 Å². The smallest absolute Gasteiger partial charge is 0.257 e. The monoisotopic (exact) mass is 483 g/mol. The molecule has 2 atom stereocenters. The number of benzene rings is 2. The molecule has 1 amide bonds.